The first-order chi connectivity index (χ1) is 14.1. The van der Waals surface area contributed by atoms with Crippen LogP contribution in [0, 0.1) is 5.82 Å². The fourth-order valence-corrected chi connectivity index (χ4v) is 3.27. The molecule has 0 aromatic heterocycles. The molecule has 3 aromatic carbocycles. The van der Waals surface area contributed by atoms with Crippen LogP contribution in [0.3, 0.4) is 0 Å². The number of carbonyl (C=O) groups excluding carboxylic acids is 1. The first-order valence-electron chi connectivity index (χ1n) is 8.87. The number of aliphatic imine (C=N–C) groups is 1. The van der Waals surface area contributed by atoms with Gasteiger partial charge in [-0.25, -0.2) is 9.38 Å². The molecule has 4 rings (SSSR count). The minimum absolute atomic E-state index is 0.126. The molecule has 0 N–H and O–H groups in total. The number of halogens is 2. The average molecular weight is 407 g/mol. The first kappa shape index (κ1) is 18.9. The summed E-state index contributed by atoms with van der Waals surface area (Å²) in [5.74, 6) is 0.255. The number of anilines is 1. The van der Waals surface area contributed by atoms with Crippen LogP contribution in [0.1, 0.15) is 11.1 Å². The molecule has 0 unspecified atom stereocenters. The lowest BCUT2D eigenvalue weighted by molar-refractivity contribution is -0.113. The standard InChI is InChI=1S/C23H16ClFN2O2/c1-29-17-12-10-16(11-13-17)27-22(18-7-3-4-8-19(18)24)26-21(23(27)28)14-15-6-2-5-9-20(15)25/h2-14H,1H3/b21-14+. The van der Waals surface area contributed by atoms with E-state index in [1.807, 2.05) is 6.07 Å². The van der Waals surface area contributed by atoms with Crippen molar-refractivity contribution >= 4 is 35.1 Å². The summed E-state index contributed by atoms with van der Waals surface area (Å²) in [5.41, 5.74) is 1.62. The van der Waals surface area contributed by atoms with E-state index in [0.29, 0.717) is 27.9 Å². The van der Waals surface area contributed by atoms with E-state index in [9.17, 15) is 9.18 Å². The first-order valence-corrected chi connectivity index (χ1v) is 9.24. The van der Waals surface area contributed by atoms with E-state index in [-0.39, 0.29) is 17.2 Å². The zero-order valence-corrected chi connectivity index (χ0v) is 16.2. The van der Waals surface area contributed by atoms with Crippen molar-refractivity contribution in [2.24, 2.45) is 4.99 Å². The van der Waals surface area contributed by atoms with Gasteiger partial charge in [0.1, 0.15) is 23.1 Å². The summed E-state index contributed by atoms with van der Waals surface area (Å²) >= 11 is 6.37. The Balaban J connectivity index is 1.85. The number of hydrogen-bond acceptors (Lipinski definition) is 3. The summed E-state index contributed by atoms with van der Waals surface area (Å²) in [4.78, 5) is 19.2. The third-order valence-electron chi connectivity index (χ3n) is 4.50. The molecule has 29 heavy (non-hydrogen) atoms. The van der Waals surface area contributed by atoms with E-state index < -0.39 is 5.82 Å². The summed E-state index contributed by atoms with van der Waals surface area (Å²) in [5, 5.41) is 0.463. The topological polar surface area (TPSA) is 41.9 Å². The molecule has 0 aliphatic carbocycles. The maximum Gasteiger partial charge on any atom is 0.282 e. The number of amides is 1. The average Bonchev–Trinajstić information content (AvgIpc) is 3.06. The molecular weight excluding hydrogens is 391 g/mol. The van der Waals surface area contributed by atoms with Crippen LogP contribution in [-0.4, -0.2) is 18.9 Å². The van der Waals surface area contributed by atoms with E-state index in [4.69, 9.17) is 16.3 Å². The maximum atomic E-state index is 14.1. The Morgan fingerprint density at radius 2 is 1.69 bits per heavy atom. The van der Waals surface area contributed by atoms with Crippen LogP contribution in [0.2, 0.25) is 5.02 Å². The van der Waals surface area contributed by atoms with Gasteiger partial charge >= 0.3 is 0 Å². The Labute approximate surface area is 172 Å². The van der Waals surface area contributed by atoms with E-state index in [1.165, 1.54) is 17.0 Å². The predicted octanol–water partition coefficient (Wildman–Crippen LogP) is 5.32. The van der Waals surface area contributed by atoms with Crippen molar-refractivity contribution < 1.29 is 13.9 Å². The van der Waals surface area contributed by atoms with Gasteiger partial charge in [-0.3, -0.25) is 9.69 Å². The van der Waals surface area contributed by atoms with Crippen LogP contribution in [0.5, 0.6) is 5.75 Å². The fraction of sp³-hybridized carbons (Fsp3) is 0.0435. The highest BCUT2D eigenvalue weighted by Gasteiger charge is 2.33. The molecule has 6 heteroatoms. The van der Waals surface area contributed by atoms with Gasteiger partial charge in [-0.2, -0.15) is 0 Å². The summed E-state index contributed by atoms with van der Waals surface area (Å²) in [6.45, 7) is 0. The minimum atomic E-state index is -0.426. The van der Waals surface area contributed by atoms with Gasteiger partial charge < -0.3 is 4.74 Å². The van der Waals surface area contributed by atoms with Crippen molar-refractivity contribution in [2.75, 3.05) is 12.0 Å². The van der Waals surface area contributed by atoms with Crippen molar-refractivity contribution in [3.05, 3.63) is 100 Å². The summed E-state index contributed by atoms with van der Waals surface area (Å²) in [6.07, 6.45) is 1.44. The molecule has 1 aliphatic rings. The van der Waals surface area contributed by atoms with Crippen LogP contribution in [0.4, 0.5) is 10.1 Å². The minimum Gasteiger partial charge on any atom is -0.497 e. The zero-order chi connectivity index (χ0) is 20.4. The number of ether oxygens (including phenoxy) is 1. The predicted molar refractivity (Wildman–Crippen MR) is 113 cm³/mol. The molecule has 0 fully saturated rings. The van der Waals surface area contributed by atoms with Gasteiger partial charge in [0.25, 0.3) is 5.91 Å². The second-order valence-electron chi connectivity index (χ2n) is 6.30. The van der Waals surface area contributed by atoms with Gasteiger partial charge in [0.15, 0.2) is 0 Å². The van der Waals surface area contributed by atoms with Crippen LogP contribution in [0.15, 0.2) is 83.5 Å². The molecule has 3 aromatic rings. The Kier molecular flexibility index (Phi) is 5.14. The highest BCUT2D eigenvalue weighted by Crippen LogP contribution is 2.31. The molecule has 1 aliphatic heterocycles. The molecule has 1 amide bonds. The monoisotopic (exact) mass is 406 g/mol. The van der Waals surface area contributed by atoms with Crippen molar-refractivity contribution in [1.29, 1.82) is 0 Å². The lowest BCUT2D eigenvalue weighted by Gasteiger charge is -2.19. The second kappa shape index (κ2) is 7.89. The largest absolute Gasteiger partial charge is 0.497 e. The molecule has 1 heterocycles. The molecule has 0 bridgehead atoms. The number of methoxy groups -OCH3 is 1. The smallest absolute Gasteiger partial charge is 0.282 e. The second-order valence-corrected chi connectivity index (χ2v) is 6.71. The van der Waals surface area contributed by atoms with E-state index >= 15 is 0 Å². The molecular formula is C23H16ClFN2O2. The number of benzene rings is 3. The normalized spacial score (nSPS) is 15.0. The van der Waals surface area contributed by atoms with Gasteiger partial charge in [0.05, 0.1) is 17.8 Å². The number of nitrogens with zero attached hydrogens (tertiary/aromatic N) is 2. The molecule has 144 valence electrons. The van der Waals surface area contributed by atoms with Crippen LogP contribution >= 0.6 is 11.6 Å². The fourth-order valence-electron chi connectivity index (χ4n) is 3.05. The Hall–Kier alpha value is -3.44. The summed E-state index contributed by atoms with van der Waals surface area (Å²) < 4.78 is 19.3. The molecule has 4 nitrogen and oxygen atoms in total. The molecule has 0 saturated carbocycles. The highest BCUT2D eigenvalue weighted by molar-refractivity contribution is 6.39. The SMILES string of the molecule is COc1ccc(N2C(=O)/C(=C\c3ccccc3F)N=C2c2ccccc2Cl)cc1. The van der Waals surface area contributed by atoms with Gasteiger partial charge in [-0.15, -0.1) is 0 Å². The third-order valence-corrected chi connectivity index (χ3v) is 4.83. The zero-order valence-electron chi connectivity index (χ0n) is 15.5. The summed E-state index contributed by atoms with van der Waals surface area (Å²) in [6, 6.07) is 20.4. The Morgan fingerprint density at radius 3 is 2.38 bits per heavy atom. The number of hydrogen-bond donors (Lipinski definition) is 0. The highest BCUT2D eigenvalue weighted by atomic mass is 35.5. The number of carbonyl (C=O) groups is 1. The third kappa shape index (κ3) is 3.65. The molecule has 0 spiro atoms. The van der Waals surface area contributed by atoms with Crippen LogP contribution < -0.4 is 9.64 Å². The van der Waals surface area contributed by atoms with Gasteiger partial charge in [-0.1, -0.05) is 41.9 Å². The lowest BCUT2D eigenvalue weighted by Crippen LogP contribution is -2.32. The molecule has 0 radical (unpaired) electrons. The van der Waals surface area contributed by atoms with E-state index in [1.54, 1.807) is 67.8 Å². The van der Waals surface area contributed by atoms with E-state index in [0.717, 1.165) is 0 Å². The van der Waals surface area contributed by atoms with Crippen molar-refractivity contribution in [3.8, 4) is 5.75 Å². The maximum absolute atomic E-state index is 14.1. The Bertz CT molecular complexity index is 1140. The molecule has 0 saturated heterocycles. The van der Waals surface area contributed by atoms with Gasteiger partial charge in [-0.05, 0) is 48.5 Å². The Morgan fingerprint density at radius 1 is 1.00 bits per heavy atom. The summed E-state index contributed by atoms with van der Waals surface area (Å²) in [7, 11) is 1.57. The number of amidine groups is 1. The lowest BCUT2D eigenvalue weighted by atomic mass is 10.1. The van der Waals surface area contributed by atoms with Gasteiger partial charge in [0, 0.05) is 11.1 Å². The van der Waals surface area contributed by atoms with Crippen molar-refractivity contribution in [2.45, 2.75) is 0 Å². The van der Waals surface area contributed by atoms with Crippen LogP contribution in [-0.2, 0) is 4.79 Å². The van der Waals surface area contributed by atoms with E-state index in [2.05, 4.69) is 4.99 Å². The van der Waals surface area contributed by atoms with Crippen LogP contribution in [0.25, 0.3) is 6.08 Å². The van der Waals surface area contributed by atoms with Crippen molar-refractivity contribution in [1.82, 2.24) is 0 Å². The molecule has 0 atom stereocenters. The number of rotatable bonds is 4. The van der Waals surface area contributed by atoms with Crippen molar-refractivity contribution in [3.63, 3.8) is 0 Å². The quantitative estimate of drug-likeness (QED) is 0.550. The van der Waals surface area contributed by atoms with Gasteiger partial charge in [0.2, 0.25) is 0 Å².